The van der Waals surface area contributed by atoms with Gasteiger partial charge in [0.05, 0.1) is 11.5 Å². The Bertz CT molecular complexity index is 611. The lowest BCUT2D eigenvalue weighted by molar-refractivity contribution is -0.390. The number of nitrogens with zero attached hydrogens (tertiary/aromatic N) is 2. The van der Waals surface area contributed by atoms with Crippen molar-refractivity contribution in [3.8, 4) is 0 Å². The van der Waals surface area contributed by atoms with Gasteiger partial charge in [-0.3, -0.25) is 10.1 Å². The average molecular weight is 304 g/mol. The third kappa shape index (κ3) is 2.79. The Morgan fingerprint density at radius 3 is 2.75 bits per heavy atom. The summed E-state index contributed by atoms with van der Waals surface area (Å²) in [6, 6.07) is 3.05. The summed E-state index contributed by atoms with van der Waals surface area (Å²) in [6.45, 7) is 0.922. The van der Waals surface area contributed by atoms with E-state index in [4.69, 9.17) is 4.74 Å². The Hall–Kier alpha value is -1.58. The molecule has 1 aliphatic rings. The van der Waals surface area contributed by atoms with E-state index in [2.05, 4.69) is 0 Å². The molecule has 1 aliphatic heterocycles. The maximum atomic E-state index is 13.5. The monoisotopic (exact) mass is 304 g/mol. The van der Waals surface area contributed by atoms with E-state index < -0.39 is 31.3 Å². The average Bonchev–Trinajstić information content (AvgIpc) is 2.67. The topological polar surface area (TPSA) is 89.8 Å². The summed E-state index contributed by atoms with van der Waals surface area (Å²) in [4.78, 5) is 9.26. The number of nitro groups is 1. The molecular formula is C11H13FN2O5S. The highest BCUT2D eigenvalue weighted by Crippen LogP contribution is 2.29. The first kappa shape index (κ1) is 14.8. The molecule has 0 N–H and O–H groups in total. The van der Waals surface area contributed by atoms with Gasteiger partial charge in [0.15, 0.2) is 4.90 Å². The van der Waals surface area contributed by atoms with Crippen molar-refractivity contribution in [2.24, 2.45) is 0 Å². The van der Waals surface area contributed by atoms with Crippen LogP contribution in [0.15, 0.2) is 23.1 Å². The number of ether oxygens (including phenoxy) is 1. The van der Waals surface area contributed by atoms with Gasteiger partial charge in [-0.1, -0.05) is 6.07 Å². The molecule has 20 heavy (non-hydrogen) atoms. The van der Waals surface area contributed by atoms with Crippen molar-refractivity contribution in [2.75, 3.05) is 26.3 Å². The van der Waals surface area contributed by atoms with Gasteiger partial charge in [0.1, 0.15) is 0 Å². The second kappa shape index (κ2) is 5.81. The minimum Gasteiger partial charge on any atom is -0.380 e. The van der Waals surface area contributed by atoms with Crippen LogP contribution in [0.2, 0.25) is 0 Å². The van der Waals surface area contributed by atoms with Gasteiger partial charge in [-0.15, -0.1) is 0 Å². The van der Waals surface area contributed by atoms with Crippen LogP contribution in [-0.4, -0.2) is 43.9 Å². The van der Waals surface area contributed by atoms with Gasteiger partial charge in [-0.25, -0.2) is 8.42 Å². The van der Waals surface area contributed by atoms with Crippen molar-refractivity contribution in [3.63, 3.8) is 0 Å². The van der Waals surface area contributed by atoms with E-state index in [1.165, 1.54) is 0 Å². The molecular weight excluding hydrogens is 291 g/mol. The van der Waals surface area contributed by atoms with Crippen LogP contribution >= 0.6 is 0 Å². The summed E-state index contributed by atoms with van der Waals surface area (Å²) >= 11 is 0. The molecule has 7 nitrogen and oxygen atoms in total. The highest BCUT2D eigenvalue weighted by Gasteiger charge is 2.34. The zero-order chi connectivity index (χ0) is 14.8. The molecule has 1 fully saturated rings. The number of benzene rings is 1. The van der Waals surface area contributed by atoms with Crippen molar-refractivity contribution in [3.05, 3.63) is 34.1 Å². The number of rotatable bonds is 3. The van der Waals surface area contributed by atoms with Gasteiger partial charge in [0, 0.05) is 19.7 Å². The van der Waals surface area contributed by atoms with E-state index in [9.17, 15) is 22.9 Å². The number of hydrogen-bond donors (Lipinski definition) is 0. The maximum absolute atomic E-state index is 13.5. The molecule has 0 saturated carbocycles. The highest BCUT2D eigenvalue weighted by atomic mass is 32.2. The zero-order valence-corrected chi connectivity index (χ0v) is 11.3. The zero-order valence-electron chi connectivity index (χ0n) is 10.5. The molecule has 0 spiro atoms. The predicted octanol–water partition coefficient (Wildman–Crippen LogP) is 1.14. The normalized spacial score (nSPS) is 17.6. The predicted molar refractivity (Wildman–Crippen MR) is 67.2 cm³/mol. The summed E-state index contributed by atoms with van der Waals surface area (Å²) in [5, 5.41) is 10.9. The molecule has 0 atom stereocenters. The third-order valence-electron chi connectivity index (χ3n) is 2.93. The highest BCUT2D eigenvalue weighted by molar-refractivity contribution is 7.89. The van der Waals surface area contributed by atoms with Crippen LogP contribution in [0.1, 0.15) is 6.42 Å². The largest absolute Gasteiger partial charge is 0.380 e. The molecule has 1 aromatic carbocycles. The quantitative estimate of drug-likeness (QED) is 0.617. The smallest absolute Gasteiger partial charge is 0.324 e. The van der Waals surface area contributed by atoms with Crippen LogP contribution in [0, 0.1) is 15.9 Å². The van der Waals surface area contributed by atoms with E-state index in [0.717, 1.165) is 22.5 Å². The fraction of sp³-hybridized carbons (Fsp3) is 0.455. The Morgan fingerprint density at radius 1 is 1.30 bits per heavy atom. The Morgan fingerprint density at radius 2 is 2.05 bits per heavy atom. The standard InChI is InChI=1S/C11H13FN2O5S/c12-9-3-1-4-10(11(9)14(15)16)20(17,18)13-5-2-7-19-8-6-13/h1,3-4H,2,5-8H2. The fourth-order valence-electron chi connectivity index (χ4n) is 1.98. The second-order valence-corrected chi connectivity index (χ2v) is 6.12. The molecule has 0 unspecified atom stereocenters. The number of sulfonamides is 1. The first-order chi connectivity index (χ1) is 9.44. The molecule has 1 aromatic rings. The molecule has 2 rings (SSSR count). The van der Waals surface area contributed by atoms with Crippen molar-refractivity contribution in [1.29, 1.82) is 0 Å². The lowest BCUT2D eigenvalue weighted by atomic mass is 10.3. The fourth-order valence-corrected chi connectivity index (χ4v) is 3.61. The number of nitro benzene ring substituents is 1. The molecule has 0 aromatic heterocycles. The molecule has 1 saturated heterocycles. The second-order valence-electron chi connectivity index (χ2n) is 4.21. The van der Waals surface area contributed by atoms with Gasteiger partial charge in [0.2, 0.25) is 15.8 Å². The van der Waals surface area contributed by atoms with Gasteiger partial charge in [0.25, 0.3) is 0 Å². The SMILES string of the molecule is O=[N+]([O-])c1c(F)cccc1S(=O)(=O)N1CCCOCC1. The van der Waals surface area contributed by atoms with E-state index in [0.29, 0.717) is 13.0 Å². The summed E-state index contributed by atoms with van der Waals surface area (Å²) in [5.74, 6) is -1.16. The summed E-state index contributed by atoms with van der Waals surface area (Å²) in [6.07, 6.45) is 0.488. The maximum Gasteiger partial charge on any atom is 0.324 e. The van der Waals surface area contributed by atoms with Gasteiger partial charge >= 0.3 is 5.69 Å². The number of halogens is 1. The molecule has 0 bridgehead atoms. The van der Waals surface area contributed by atoms with Crippen molar-refractivity contribution < 1.29 is 22.5 Å². The molecule has 9 heteroatoms. The molecule has 1 heterocycles. The van der Waals surface area contributed by atoms with Crippen molar-refractivity contribution >= 4 is 15.7 Å². The minimum absolute atomic E-state index is 0.0933. The molecule has 0 aliphatic carbocycles. The van der Waals surface area contributed by atoms with Crippen LogP contribution < -0.4 is 0 Å². The minimum atomic E-state index is -4.11. The van der Waals surface area contributed by atoms with E-state index >= 15 is 0 Å². The molecule has 0 amide bonds. The number of hydrogen-bond acceptors (Lipinski definition) is 5. The van der Waals surface area contributed by atoms with Crippen molar-refractivity contribution in [1.82, 2.24) is 4.31 Å². The van der Waals surface area contributed by atoms with Gasteiger partial charge in [-0.2, -0.15) is 8.70 Å². The van der Waals surface area contributed by atoms with Gasteiger partial charge in [-0.05, 0) is 18.6 Å². The molecule has 0 radical (unpaired) electrons. The summed E-state index contributed by atoms with van der Waals surface area (Å²) in [5.41, 5.74) is -1.02. The van der Waals surface area contributed by atoms with Crippen molar-refractivity contribution in [2.45, 2.75) is 11.3 Å². The lowest BCUT2D eigenvalue weighted by Crippen LogP contribution is -2.33. The lowest BCUT2D eigenvalue weighted by Gasteiger charge is -2.19. The Kier molecular flexibility index (Phi) is 4.31. The van der Waals surface area contributed by atoms with Crippen LogP contribution in [-0.2, 0) is 14.8 Å². The summed E-state index contributed by atoms with van der Waals surface area (Å²) < 4.78 is 44.6. The van der Waals surface area contributed by atoms with Crippen LogP contribution in [0.25, 0.3) is 0 Å². The Balaban J connectivity index is 2.48. The first-order valence-electron chi connectivity index (χ1n) is 5.95. The first-order valence-corrected chi connectivity index (χ1v) is 7.39. The van der Waals surface area contributed by atoms with Crippen LogP contribution in [0.5, 0.6) is 0 Å². The van der Waals surface area contributed by atoms with Gasteiger partial charge < -0.3 is 4.74 Å². The van der Waals surface area contributed by atoms with Crippen LogP contribution in [0.4, 0.5) is 10.1 Å². The van der Waals surface area contributed by atoms with E-state index in [-0.39, 0.29) is 19.7 Å². The van der Waals surface area contributed by atoms with E-state index in [1.807, 2.05) is 0 Å². The third-order valence-corrected chi connectivity index (χ3v) is 4.86. The summed E-state index contributed by atoms with van der Waals surface area (Å²) in [7, 11) is -4.11. The Labute approximate surface area is 115 Å². The number of para-hydroxylation sites is 1. The van der Waals surface area contributed by atoms with Crippen LogP contribution in [0.3, 0.4) is 0 Å². The molecule has 110 valence electrons. The van der Waals surface area contributed by atoms with E-state index in [1.54, 1.807) is 0 Å².